The third-order valence-electron chi connectivity index (χ3n) is 7.48. The summed E-state index contributed by atoms with van der Waals surface area (Å²) in [6.45, 7) is 3.71. The molecule has 3 N–H and O–H groups in total. The Hall–Kier alpha value is -4.13. The molecule has 0 bridgehead atoms. The van der Waals surface area contributed by atoms with Gasteiger partial charge in [0.25, 0.3) is 0 Å². The predicted molar refractivity (Wildman–Crippen MR) is 151 cm³/mol. The highest BCUT2D eigenvalue weighted by Gasteiger charge is 2.38. The lowest BCUT2D eigenvalue weighted by atomic mass is 9.95. The minimum Gasteiger partial charge on any atom is -0.508 e. The number of ether oxygens (including phenoxy) is 1. The number of anilines is 4. The van der Waals surface area contributed by atoms with Crippen molar-refractivity contribution in [2.45, 2.75) is 50.7 Å². The average molecular weight is 587 g/mol. The maximum Gasteiger partial charge on any atom is 0.490 e. The van der Waals surface area contributed by atoms with Crippen molar-refractivity contribution in [3.05, 3.63) is 48.2 Å². The molecule has 0 amide bonds. The van der Waals surface area contributed by atoms with Gasteiger partial charge in [0, 0.05) is 54.8 Å². The topological polar surface area (TPSA) is 124 Å². The predicted octanol–water partition coefficient (Wildman–Crippen LogP) is 5.15. The summed E-state index contributed by atoms with van der Waals surface area (Å²) in [6.07, 6.45) is 3.98. The Morgan fingerprint density at radius 2 is 1.76 bits per heavy atom. The molecule has 1 aliphatic carbocycles. The summed E-state index contributed by atoms with van der Waals surface area (Å²) in [4.78, 5) is 28.0. The summed E-state index contributed by atoms with van der Waals surface area (Å²) >= 11 is 0. The van der Waals surface area contributed by atoms with Gasteiger partial charge in [0.2, 0.25) is 5.95 Å². The van der Waals surface area contributed by atoms with Crippen LogP contribution in [0.4, 0.5) is 36.4 Å². The lowest BCUT2D eigenvalue weighted by molar-refractivity contribution is -0.192. The number of carbonyl (C=O) groups is 1. The molecule has 0 unspecified atom stereocenters. The molecule has 2 fully saturated rings. The third kappa shape index (κ3) is 7.01. The maximum absolute atomic E-state index is 10.6. The summed E-state index contributed by atoms with van der Waals surface area (Å²) in [5.74, 6) is 0.0674. The minimum absolute atomic E-state index is 0.241. The second kappa shape index (κ2) is 12.8. The molecule has 1 aromatic carbocycles. The lowest BCUT2D eigenvalue weighted by Gasteiger charge is -2.28. The van der Waals surface area contributed by atoms with Gasteiger partial charge in [-0.3, -0.25) is 0 Å². The number of aromatic nitrogens is 3. The molecule has 2 aliphatic heterocycles. The van der Waals surface area contributed by atoms with Gasteiger partial charge in [0.1, 0.15) is 17.4 Å². The van der Waals surface area contributed by atoms with E-state index >= 15 is 0 Å². The number of carboxylic acid groups (broad SMARTS) is 1. The van der Waals surface area contributed by atoms with E-state index in [0.717, 1.165) is 60.2 Å². The zero-order chi connectivity index (χ0) is 29.7. The number of nitrogens with zero attached hydrogens (tertiary/aromatic N) is 5. The fourth-order valence-electron chi connectivity index (χ4n) is 5.41. The van der Waals surface area contributed by atoms with Crippen molar-refractivity contribution in [2.75, 3.05) is 48.0 Å². The number of alkyl halides is 3. The quantitative estimate of drug-likeness (QED) is 0.370. The number of nitrogens with one attached hydrogen (secondary N) is 1. The normalized spacial score (nSPS) is 17.3. The van der Waals surface area contributed by atoms with E-state index in [0.29, 0.717) is 25.2 Å². The van der Waals surface area contributed by atoms with E-state index < -0.39 is 12.1 Å². The zero-order valence-corrected chi connectivity index (χ0v) is 23.0. The van der Waals surface area contributed by atoms with Gasteiger partial charge in [-0.05, 0) is 37.5 Å². The van der Waals surface area contributed by atoms with Crippen LogP contribution in [0.5, 0.6) is 5.75 Å². The number of pyridine rings is 1. The maximum atomic E-state index is 10.6. The van der Waals surface area contributed by atoms with Crippen molar-refractivity contribution in [1.82, 2.24) is 15.0 Å². The number of phenolic OH excluding ortho intramolecular Hbond substituents is 1. The first-order valence-corrected chi connectivity index (χ1v) is 14.0. The Morgan fingerprint density at radius 3 is 2.45 bits per heavy atom. The standard InChI is InChI=1S/C27H32N6O2.C2HF3O2/c34-22-8-4-5-19(17-22)25-23-10-12-33(26(23)31-27(30-25)32-13-15-35-16-14-32)21-9-11-28-24(18-21)29-20-6-2-1-3-7-20;3-2(4,5)1(6)7/h4-5,8-9,11,17-18,20,34H,1-3,6-7,10,12-16H2,(H,28,29);(H,6,7). The van der Waals surface area contributed by atoms with Crippen molar-refractivity contribution in [3.63, 3.8) is 0 Å². The van der Waals surface area contributed by atoms with Crippen molar-refractivity contribution in [2.24, 2.45) is 0 Å². The van der Waals surface area contributed by atoms with Crippen LogP contribution < -0.4 is 15.1 Å². The molecular formula is C29H33F3N6O4. The molecule has 42 heavy (non-hydrogen) atoms. The van der Waals surface area contributed by atoms with Gasteiger partial charge in [-0.1, -0.05) is 31.4 Å². The van der Waals surface area contributed by atoms with E-state index in [-0.39, 0.29) is 5.75 Å². The van der Waals surface area contributed by atoms with Crippen molar-refractivity contribution >= 4 is 29.2 Å². The molecule has 4 heterocycles. The summed E-state index contributed by atoms with van der Waals surface area (Å²) in [5, 5.41) is 20.9. The van der Waals surface area contributed by atoms with E-state index in [9.17, 15) is 18.3 Å². The van der Waals surface area contributed by atoms with Gasteiger partial charge in [-0.2, -0.15) is 18.2 Å². The van der Waals surface area contributed by atoms with Crippen LogP contribution in [-0.2, 0) is 16.0 Å². The van der Waals surface area contributed by atoms with E-state index in [2.05, 4.69) is 32.2 Å². The number of aliphatic carboxylic acids is 1. The van der Waals surface area contributed by atoms with Gasteiger partial charge >= 0.3 is 12.1 Å². The fourth-order valence-corrected chi connectivity index (χ4v) is 5.41. The van der Waals surface area contributed by atoms with Crippen LogP contribution in [0.15, 0.2) is 42.6 Å². The summed E-state index contributed by atoms with van der Waals surface area (Å²) < 4.78 is 37.3. The molecule has 10 nitrogen and oxygen atoms in total. The number of aromatic hydroxyl groups is 1. The highest BCUT2D eigenvalue weighted by atomic mass is 19.4. The lowest BCUT2D eigenvalue weighted by Crippen LogP contribution is -2.37. The molecule has 0 atom stereocenters. The molecule has 13 heteroatoms. The van der Waals surface area contributed by atoms with Crippen LogP contribution in [0.3, 0.4) is 0 Å². The molecule has 0 radical (unpaired) electrons. The number of carboxylic acids is 1. The second-order valence-electron chi connectivity index (χ2n) is 10.4. The van der Waals surface area contributed by atoms with Crippen LogP contribution in [0.25, 0.3) is 11.3 Å². The van der Waals surface area contributed by atoms with Crippen molar-refractivity contribution in [3.8, 4) is 17.0 Å². The number of phenols is 1. The van der Waals surface area contributed by atoms with E-state index in [4.69, 9.17) is 24.6 Å². The van der Waals surface area contributed by atoms with Crippen LogP contribution >= 0.6 is 0 Å². The first kappa shape index (κ1) is 29.4. The smallest absolute Gasteiger partial charge is 0.490 e. The average Bonchev–Trinajstić information content (AvgIpc) is 3.42. The number of hydrogen-bond acceptors (Lipinski definition) is 9. The van der Waals surface area contributed by atoms with Crippen molar-refractivity contribution in [1.29, 1.82) is 0 Å². The van der Waals surface area contributed by atoms with Crippen molar-refractivity contribution < 1.29 is 32.9 Å². The SMILES string of the molecule is O=C(O)C(F)(F)F.Oc1cccc(-c2nc(N3CCOCC3)nc3c2CCN3c2ccnc(NC3CCCCC3)c2)c1. The van der Waals surface area contributed by atoms with E-state index in [1.54, 1.807) is 12.1 Å². The number of rotatable bonds is 5. The number of fused-ring (bicyclic) bond motifs is 1. The van der Waals surface area contributed by atoms with E-state index in [1.807, 2.05) is 18.3 Å². The molecule has 1 saturated carbocycles. The largest absolute Gasteiger partial charge is 0.508 e. The third-order valence-corrected chi connectivity index (χ3v) is 7.48. The van der Waals surface area contributed by atoms with Gasteiger partial charge in [0.15, 0.2) is 0 Å². The van der Waals surface area contributed by atoms with Crippen LogP contribution in [-0.4, -0.2) is 76.2 Å². The molecule has 3 aliphatic rings. The number of morpholine rings is 1. The molecule has 0 spiro atoms. The van der Waals surface area contributed by atoms with Gasteiger partial charge in [-0.25, -0.2) is 14.8 Å². The fraction of sp³-hybridized carbons (Fsp3) is 0.448. The molecule has 6 rings (SSSR count). The molecule has 2 aromatic heterocycles. The molecule has 224 valence electrons. The highest BCUT2D eigenvalue weighted by Crippen LogP contribution is 2.40. The zero-order valence-electron chi connectivity index (χ0n) is 23.0. The summed E-state index contributed by atoms with van der Waals surface area (Å²) in [7, 11) is 0. The Kier molecular flexibility index (Phi) is 8.95. The Labute approximate surface area is 241 Å². The van der Waals surface area contributed by atoms with Crippen LogP contribution in [0.2, 0.25) is 0 Å². The van der Waals surface area contributed by atoms with Crippen LogP contribution in [0.1, 0.15) is 37.7 Å². The van der Waals surface area contributed by atoms with Gasteiger partial charge in [0.05, 0.1) is 18.9 Å². The van der Waals surface area contributed by atoms with Gasteiger partial charge in [-0.15, -0.1) is 0 Å². The molecule has 3 aromatic rings. The Balaban J connectivity index is 0.000000451. The molecule has 1 saturated heterocycles. The Bertz CT molecular complexity index is 1390. The first-order valence-electron chi connectivity index (χ1n) is 14.0. The molecular weight excluding hydrogens is 553 g/mol. The number of hydrogen-bond donors (Lipinski definition) is 3. The minimum atomic E-state index is -5.08. The number of halogens is 3. The van der Waals surface area contributed by atoms with Gasteiger partial charge < -0.3 is 30.1 Å². The first-order chi connectivity index (χ1) is 20.2. The van der Waals surface area contributed by atoms with Crippen LogP contribution in [0, 0.1) is 0 Å². The highest BCUT2D eigenvalue weighted by molar-refractivity contribution is 5.78. The van der Waals surface area contributed by atoms with E-state index in [1.165, 1.54) is 32.1 Å². The summed E-state index contributed by atoms with van der Waals surface area (Å²) in [5.41, 5.74) is 4.01. The number of benzene rings is 1. The summed E-state index contributed by atoms with van der Waals surface area (Å²) in [6, 6.07) is 12.1. The second-order valence-corrected chi connectivity index (χ2v) is 10.4. The monoisotopic (exact) mass is 586 g/mol. The Morgan fingerprint density at radius 1 is 1.02 bits per heavy atom.